The highest BCUT2D eigenvalue weighted by Crippen LogP contribution is 2.40. The first-order valence-corrected chi connectivity index (χ1v) is 16.1. The number of aliphatic hydroxyl groups is 1. The molecule has 39 heavy (non-hydrogen) atoms. The van der Waals surface area contributed by atoms with E-state index in [1.165, 1.54) is 0 Å². The van der Waals surface area contributed by atoms with E-state index >= 15 is 0 Å². The van der Waals surface area contributed by atoms with Crippen LogP contribution in [0.2, 0.25) is 18.1 Å². The van der Waals surface area contributed by atoms with E-state index < -0.39 is 50.7 Å². The Morgan fingerprint density at radius 2 is 1.74 bits per heavy atom. The molecule has 1 N–H and O–H groups in total. The number of carbonyl (C=O) groups is 1. The third kappa shape index (κ3) is 7.92. The summed E-state index contributed by atoms with van der Waals surface area (Å²) in [5.74, 6) is -0.950. The first-order chi connectivity index (χ1) is 18.5. The molecule has 2 aromatic carbocycles. The smallest absolute Gasteiger partial charge is 0.419 e. The van der Waals surface area contributed by atoms with E-state index in [0.717, 1.165) is 11.1 Å². The van der Waals surface area contributed by atoms with E-state index in [2.05, 4.69) is 38.7 Å². The largest absolute Gasteiger partial charge is 0.457 e. The number of ether oxygens (including phenoxy) is 4. The third-order valence-corrected chi connectivity index (χ3v) is 11.7. The number of hydrogen-bond acceptors (Lipinski definition) is 7. The lowest BCUT2D eigenvalue weighted by Gasteiger charge is -2.46. The predicted molar refractivity (Wildman–Crippen MR) is 148 cm³/mol. The Morgan fingerprint density at radius 1 is 1.13 bits per heavy atom. The summed E-state index contributed by atoms with van der Waals surface area (Å²) < 4.78 is 30.6. The van der Waals surface area contributed by atoms with Crippen molar-refractivity contribution in [2.45, 2.75) is 83.1 Å². The van der Waals surface area contributed by atoms with Gasteiger partial charge in [0.25, 0.3) is 0 Å². The Balaban J connectivity index is 2.02. The van der Waals surface area contributed by atoms with Crippen molar-refractivity contribution >= 4 is 20.0 Å². The molecular formula is C29H40N2O7Si. The molecule has 0 aromatic heterocycles. The molecule has 1 unspecified atom stereocenters. The van der Waals surface area contributed by atoms with Gasteiger partial charge in [-0.2, -0.15) is 4.79 Å². The Bertz CT molecular complexity index is 1120. The maximum Gasteiger partial charge on any atom is 0.419 e. The molecule has 5 atom stereocenters. The Kier molecular flexibility index (Phi) is 10.7. The van der Waals surface area contributed by atoms with Crippen LogP contribution in [0.1, 0.15) is 45.1 Å². The van der Waals surface area contributed by atoms with E-state index in [0.29, 0.717) is 0 Å². The van der Waals surface area contributed by atoms with Crippen LogP contribution in [0.15, 0.2) is 60.7 Å². The van der Waals surface area contributed by atoms with Crippen molar-refractivity contribution in [1.29, 1.82) is 0 Å². The summed E-state index contributed by atoms with van der Waals surface area (Å²) in [4.78, 5) is 15.7. The van der Waals surface area contributed by atoms with Crippen molar-refractivity contribution < 1.29 is 38.1 Å². The predicted octanol–water partition coefficient (Wildman–Crippen LogP) is 4.67. The minimum atomic E-state index is -2.34. The minimum Gasteiger partial charge on any atom is -0.457 e. The van der Waals surface area contributed by atoms with Crippen LogP contribution in [0.4, 0.5) is 0 Å². The minimum absolute atomic E-state index is 0.0427. The second-order valence-corrected chi connectivity index (χ2v) is 15.8. The van der Waals surface area contributed by atoms with Crippen LogP contribution >= 0.6 is 0 Å². The van der Waals surface area contributed by atoms with E-state index in [1.54, 1.807) is 6.92 Å². The summed E-state index contributed by atoms with van der Waals surface area (Å²) >= 11 is 0. The number of carbonyl (C=O) groups excluding carboxylic acids is 1. The SMILES string of the molecule is CCOC(=O)C(=[N+]=[N-])C(O)[C@@H](OCc1ccccc1)[C@@H]1O[C@H](c2ccccc2)OC[C@H]1O[Si](C)(C)C(C)(C)C. The number of benzene rings is 2. The zero-order valence-electron chi connectivity index (χ0n) is 23.6. The lowest BCUT2D eigenvalue weighted by molar-refractivity contribution is -0.284. The molecule has 0 radical (unpaired) electrons. The fraction of sp³-hybridized carbons (Fsp3) is 0.517. The van der Waals surface area contributed by atoms with Crippen molar-refractivity contribution in [3.05, 3.63) is 77.3 Å². The highest BCUT2D eigenvalue weighted by molar-refractivity contribution is 6.74. The van der Waals surface area contributed by atoms with Crippen LogP contribution in [0.5, 0.6) is 0 Å². The van der Waals surface area contributed by atoms with E-state index in [1.807, 2.05) is 60.7 Å². The zero-order valence-corrected chi connectivity index (χ0v) is 24.6. The average molecular weight is 557 g/mol. The molecule has 0 amide bonds. The van der Waals surface area contributed by atoms with Gasteiger partial charge in [-0.1, -0.05) is 81.4 Å². The molecule has 3 rings (SSSR count). The van der Waals surface area contributed by atoms with E-state index in [9.17, 15) is 15.4 Å². The fourth-order valence-corrected chi connectivity index (χ4v) is 5.30. The van der Waals surface area contributed by atoms with Gasteiger partial charge in [-0.25, -0.2) is 4.79 Å². The molecule has 1 heterocycles. The lowest BCUT2D eigenvalue weighted by Crippen LogP contribution is -2.59. The van der Waals surface area contributed by atoms with Crippen LogP contribution in [-0.2, 0) is 34.8 Å². The second-order valence-electron chi connectivity index (χ2n) is 11.0. The van der Waals surface area contributed by atoms with Gasteiger partial charge in [-0.05, 0) is 30.6 Å². The molecule has 2 aromatic rings. The van der Waals surface area contributed by atoms with E-state index in [4.69, 9.17) is 23.4 Å². The molecule has 1 fully saturated rings. The molecule has 10 heteroatoms. The third-order valence-electron chi connectivity index (χ3n) is 7.18. The summed E-state index contributed by atoms with van der Waals surface area (Å²) in [5.41, 5.74) is 10.8. The molecular weight excluding hydrogens is 516 g/mol. The quantitative estimate of drug-likeness (QED) is 0.140. The number of aliphatic hydroxyl groups excluding tert-OH is 1. The molecule has 0 saturated carbocycles. The molecule has 0 aliphatic carbocycles. The standard InChI is InChI=1S/C29H40N2O7Si/c1-7-34-27(33)23(31-30)24(32)26(35-18-20-14-10-8-11-15-20)25-22(38-39(5,6)29(2,3)4)19-36-28(37-25)21-16-12-9-13-17-21/h8-17,22,24-26,28,32H,7,18-19H2,1-6H3/t22-,24?,25-,26-,28-/m1/s1. The van der Waals surface area contributed by atoms with Gasteiger partial charge in [0, 0.05) is 5.56 Å². The summed E-state index contributed by atoms with van der Waals surface area (Å²) in [7, 11) is -2.34. The maximum absolute atomic E-state index is 12.6. The molecule has 0 spiro atoms. The maximum atomic E-state index is 12.6. The highest BCUT2D eigenvalue weighted by atomic mass is 28.4. The highest BCUT2D eigenvalue weighted by Gasteiger charge is 2.50. The summed E-state index contributed by atoms with van der Waals surface area (Å²) in [6, 6.07) is 18.8. The molecule has 0 bridgehead atoms. The van der Waals surface area contributed by atoms with E-state index in [-0.39, 0.29) is 24.9 Å². The van der Waals surface area contributed by atoms with Gasteiger partial charge in [0.2, 0.25) is 0 Å². The zero-order chi connectivity index (χ0) is 28.6. The second kappa shape index (κ2) is 13.6. The summed E-state index contributed by atoms with van der Waals surface area (Å²) in [6.07, 6.45) is -5.12. The van der Waals surface area contributed by atoms with Crippen LogP contribution < -0.4 is 0 Å². The Labute approximate surface area is 231 Å². The van der Waals surface area contributed by atoms with Gasteiger partial charge < -0.3 is 34.0 Å². The first kappa shape index (κ1) is 30.8. The monoisotopic (exact) mass is 556 g/mol. The number of esters is 1. The number of nitrogens with zero attached hydrogens (tertiary/aromatic N) is 2. The lowest BCUT2D eigenvalue weighted by atomic mass is 9.98. The molecule has 9 nitrogen and oxygen atoms in total. The van der Waals surface area contributed by atoms with Gasteiger partial charge in [0.05, 0.1) is 25.9 Å². The van der Waals surface area contributed by atoms with Gasteiger partial charge >= 0.3 is 11.7 Å². The van der Waals surface area contributed by atoms with Crippen molar-refractivity contribution in [2.24, 2.45) is 0 Å². The number of hydrogen-bond donors (Lipinski definition) is 1. The van der Waals surface area contributed by atoms with Gasteiger partial charge in [-0.15, -0.1) is 0 Å². The van der Waals surface area contributed by atoms with Crippen molar-refractivity contribution in [3.8, 4) is 0 Å². The normalized spacial score (nSPS) is 21.5. The average Bonchev–Trinajstić information content (AvgIpc) is 2.90. The van der Waals surface area contributed by atoms with Crippen molar-refractivity contribution in [1.82, 2.24) is 0 Å². The van der Waals surface area contributed by atoms with Crippen LogP contribution in [-0.4, -0.2) is 67.5 Å². The fourth-order valence-electron chi connectivity index (χ4n) is 3.99. The summed E-state index contributed by atoms with van der Waals surface area (Å²) in [5, 5.41) is 11.3. The summed E-state index contributed by atoms with van der Waals surface area (Å²) in [6.45, 7) is 12.5. The van der Waals surface area contributed by atoms with Crippen LogP contribution in [0, 0.1) is 0 Å². The molecule has 1 saturated heterocycles. The van der Waals surface area contributed by atoms with Crippen LogP contribution in [0.25, 0.3) is 5.53 Å². The number of rotatable bonds is 11. The Morgan fingerprint density at radius 3 is 2.31 bits per heavy atom. The molecule has 212 valence electrons. The topological polar surface area (TPSA) is 120 Å². The Hall–Kier alpha value is -2.69. The molecule has 1 aliphatic rings. The first-order valence-electron chi connectivity index (χ1n) is 13.2. The van der Waals surface area contributed by atoms with Crippen molar-refractivity contribution in [3.63, 3.8) is 0 Å². The van der Waals surface area contributed by atoms with Gasteiger partial charge in [0.1, 0.15) is 12.2 Å². The van der Waals surface area contributed by atoms with Crippen LogP contribution in [0.3, 0.4) is 0 Å². The molecule has 1 aliphatic heterocycles. The van der Waals surface area contributed by atoms with Crippen molar-refractivity contribution in [2.75, 3.05) is 13.2 Å². The van der Waals surface area contributed by atoms with Gasteiger partial charge in [-0.3, -0.25) is 0 Å². The van der Waals surface area contributed by atoms with Gasteiger partial charge in [0.15, 0.2) is 20.7 Å².